The number of sulfonamides is 1. The van der Waals surface area contributed by atoms with Crippen molar-refractivity contribution >= 4 is 38.9 Å². The van der Waals surface area contributed by atoms with Gasteiger partial charge in [-0.15, -0.1) is 11.3 Å². The number of aliphatic imine (C=N–C) groups is 1. The molecular formula is C17H16ClN5O3S2. The van der Waals surface area contributed by atoms with E-state index < -0.39 is 21.0 Å². The molecule has 2 aliphatic rings. The lowest BCUT2D eigenvalue weighted by Gasteiger charge is -2.44. The van der Waals surface area contributed by atoms with Crippen molar-refractivity contribution < 1.29 is 13.2 Å². The van der Waals surface area contributed by atoms with Gasteiger partial charge in [-0.2, -0.15) is 5.26 Å². The third kappa shape index (κ3) is 2.78. The van der Waals surface area contributed by atoms with E-state index in [1.807, 2.05) is 0 Å². The maximum absolute atomic E-state index is 13.0. The summed E-state index contributed by atoms with van der Waals surface area (Å²) in [4.78, 5) is 9.97. The summed E-state index contributed by atoms with van der Waals surface area (Å²) < 4.78 is 32.6. The van der Waals surface area contributed by atoms with Gasteiger partial charge in [-0.3, -0.25) is 4.98 Å². The molecule has 146 valence electrons. The fourth-order valence-corrected chi connectivity index (χ4v) is 6.87. The van der Waals surface area contributed by atoms with Gasteiger partial charge in [-0.05, 0) is 25.0 Å². The molecule has 2 atom stereocenters. The Balaban J connectivity index is 1.90. The second kappa shape index (κ2) is 6.70. The minimum Gasteiger partial charge on any atom is -0.369 e. The number of nitriles is 1. The third-order valence-electron chi connectivity index (χ3n) is 4.88. The van der Waals surface area contributed by atoms with Crippen LogP contribution in [0.2, 0.25) is 5.02 Å². The van der Waals surface area contributed by atoms with Crippen molar-refractivity contribution in [3.63, 3.8) is 0 Å². The number of guanidine groups is 1. The van der Waals surface area contributed by atoms with Crippen molar-refractivity contribution in [3.05, 3.63) is 40.0 Å². The highest BCUT2D eigenvalue weighted by atomic mass is 35.5. The third-order valence-corrected chi connectivity index (χ3v) is 8.66. The van der Waals surface area contributed by atoms with Crippen LogP contribution < -0.4 is 5.73 Å². The van der Waals surface area contributed by atoms with Crippen LogP contribution >= 0.6 is 22.9 Å². The number of rotatable bonds is 2. The quantitative estimate of drug-likeness (QED) is 0.768. The Kier molecular flexibility index (Phi) is 4.58. The summed E-state index contributed by atoms with van der Waals surface area (Å²) in [5, 5.41) is 9.49. The fourth-order valence-electron chi connectivity index (χ4n) is 3.49. The van der Waals surface area contributed by atoms with Crippen LogP contribution in [0.25, 0.3) is 10.4 Å². The maximum atomic E-state index is 13.0. The second-order valence-electron chi connectivity index (χ2n) is 6.57. The highest BCUT2D eigenvalue weighted by molar-refractivity contribution is 7.90. The molecule has 0 spiro atoms. The molecule has 0 bridgehead atoms. The molecule has 4 heterocycles. The summed E-state index contributed by atoms with van der Waals surface area (Å²) in [6, 6.07) is 5.49. The number of halogens is 1. The van der Waals surface area contributed by atoms with Crippen LogP contribution in [-0.4, -0.2) is 42.8 Å². The van der Waals surface area contributed by atoms with E-state index in [1.54, 1.807) is 18.3 Å². The standard InChI is InChI=1S/C17H16ClN5O3S2/c1-23-16(20)22-17(3-2-4-26-15(17)28(23,24)25)14-12(18)6-13(27-14)11-5-10(7-19)8-21-9-11/h5-6,8-9,15H,2-4H2,1H3,(H2,20,22). The Morgan fingerprint density at radius 2 is 2.25 bits per heavy atom. The van der Waals surface area contributed by atoms with E-state index in [0.717, 1.165) is 14.7 Å². The Morgan fingerprint density at radius 3 is 3.00 bits per heavy atom. The van der Waals surface area contributed by atoms with E-state index in [4.69, 9.17) is 27.3 Å². The van der Waals surface area contributed by atoms with Crippen LogP contribution in [0.15, 0.2) is 29.5 Å². The van der Waals surface area contributed by atoms with E-state index in [1.165, 1.54) is 24.6 Å². The minimum atomic E-state index is -3.85. The number of hydrogen-bond acceptors (Lipinski definition) is 8. The molecule has 1 saturated heterocycles. The summed E-state index contributed by atoms with van der Waals surface area (Å²) >= 11 is 7.86. The average molecular weight is 438 g/mol. The van der Waals surface area contributed by atoms with Gasteiger partial charge in [0.15, 0.2) is 0 Å². The van der Waals surface area contributed by atoms with E-state index in [0.29, 0.717) is 34.9 Å². The van der Waals surface area contributed by atoms with Gasteiger partial charge in [0.2, 0.25) is 11.4 Å². The van der Waals surface area contributed by atoms with Gasteiger partial charge in [0, 0.05) is 36.5 Å². The first-order valence-corrected chi connectivity index (χ1v) is 11.1. The lowest BCUT2D eigenvalue weighted by atomic mass is 9.90. The SMILES string of the molecule is CN1C(N)=NC2(c3sc(-c4cncc(C#N)c4)cc3Cl)CCCOC2S1(=O)=O. The van der Waals surface area contributed by atoms with Crippen LogP contribution in [0.4, 0.5) is 0 Å². The molecule has 8 nitrogen and oxygen atoms in total. The van der Waals surface area contributed by atoms with Crippen molar-refractivity contribution in [1.29, 1.82) is 5.26 Å². The number of aromatic nitrogens is 1. The van der Waals surface area contributed by atoms with Crippen LogP contribution in [0.3, 0.4) is 0 Å². The number of pyridine rings is 1. The average Bonchev–Trinajstić information content (AvgIpc) is 3.09. The highest BCUT2D eigenvalue weighted by Crippen LogP contribution is 2.51. The molecular weight excluding hydrogens is 422 g/mol. The van der Waals surface area contributed by atoms with E-state index in [2.05, 4.69) is 16.0 Å². The molecule has 0 radical (unpaired) electrons. The van der Waals surface area contributed by atoms with E-state index in [-0.39, 0.29) is 5.96 Å². The summed E-state index contributed by atoms with van der Waals surface area (Å²) in [5.41, 5.74) is 4.69. The molecule has 1 fully saturated rings. The molecule has 2 N–H and O–H groups in total. The lowest BCUT2D eigenvalue weighted by molar-refractivity contribution is 0.00334. The fraction of sp³-hybridized carbons (Fsp3) is 0.353. The van der Waals surface area contributed by atoms with Crippen LogP contribution in [-0.2, 0) is 20.3 Å². The van der Waals surface area contributed by atoms with Crippen LogP contribution in [0.5, 0.6) is 0 Å². The van der Waals surface area contributed by atoms with Gasteiger partial charge in [-0.1, -0.05) is 11.6 Å². The summed E-state index contributed by atoms with van der Waals surface area (Å²) in [5.74, 6) is -0.0964. The zero-order valence-electron chi connectivity index (χ0n) is 14.8. The van der Waals surface area contributed by atoms with Crippen molar-refractivity contribution in [2.75, 3.05) is 13.7 Å². The number of nitrogens with two attached hydrogens (primary N) is 1. The number of fused-ring (bicyclic) bond motifs is 1. The molecule has 2 unspecified atom stereocenters. The topological polar surface area (TPSA) is 122 Å². The molecule has 0 saturated carbocycles. The van der Waals surface area contributed by atoms with Crippen LogP contribution in [0, 0.1) is 11.3 Å². The first-order chi connectivity index (χ1) is 13.3. The molecule has 0 aromatic carbocycles. The Labute approximate surface area is 171 Å². The Bertz CT molecular complexity index is 1120. The molecule has 2 aromatic rings. The molecule has 0 aliphatic carbocycles. The number of ether oxygens (including phenoxy) is 1. The molecule has 28 heavy (non-hydrogen) atoms. The van der Waals surface area contributed by atoms with Crippen molar-refractivity contribution in [3.8, 4) is 16.5 Å². The largest absolute Gasteiger partial charge is 0.369 e. The minimum absolute atomic E-state index is 0.0964. The number of thiophene rings is 1. The van der Waals surface area contributed by atoms with Crippen molar-refractivity contribution in [1.82, 2.24) is 9.29 Å². The molecule has 11 heteroatoms. The molecule has 2 aromatic heterocycles. The zero-order chi connectivity index (χ0) is 20.1. The summed E-state index contributed by atoms with van der Waals surface area (Å²) in [6.45, 7) is 0.318. The Morgan fingerprint density at radius 1 is 1.46 bits per heavy atom. The molecule has 4 rings (SSSR count). The predicted molar refractivity (Wildman–Crippen MR) is 106 cm³/mol. The van der Waals surface area contributed by atoms with Crippen molar-refractivity contribution in [2.45, 2.75) is 23.8 Å². The van der Waals surface area contributed by atoms with Gasteiger partial charge in [0.25, 0.3) is 10.0 Å². The Hall–Kier alpha value is -2.19. The smallest absolute Gasteiger partial charge is 0.267 e. The monoisotopic (exact) mass is 437 g/mol. The first kappa shape index (κ1) is 19.1. The lowest BCUT2D eigenvalue weighted by Crippen LogP contribution is -2.59. The van der Waals surface area contributed by atoms with Gasteiger partial charge in [-0.25, -0.2) is 17.7 Å². The van der Waals surface area contributed by atoms with E-state index in [9.17, 15) is 8.42 Å². The van der Waals surface area contributed by atoms with E-state index >= 15 is 0 Å². The predicted octanol–water partition coefficient (Wildman–Crippen LogP) is 2.26. The maximum Gasteiger partial charge on any atom is 0.267 e. The van der Waals surface area contributed by atoms with Gasteiger partial charge >= 0.3 is 0 Å². The molecule has 2 aliphatic heterocycles. The van der Waals surface area contributed by atoms with Gasteiger partial charge in [0.1, 0.15) is 11.6 Å². The normalized spacial score (nSPS) is 26.2. The first-order valence-electron chi connectivity index (χ1n) is 8.39. The number of nitrogens with zero attached hydrogens (tertiary/aromatic N) is 4. The van der Waals surface area contributed by atoms with Crippen molar-refractivity contribution in [2.24, 2.45) is 10.7 Å². The van der Waals surface area contributed by atoms with Crippen LogP contribution in [0.1, 0.15) is 23.3 Å². The molecule has 0 amide bonds. The van der Waals surface area contributed by atoms with Gasteiger partial charge < -0.3 is 10.5 Å². The van der Waals surface area contributed by atoms with Gasteiger partial charge in [0.05, 0.1) is 15.5 Å². The second-order valence-corrected chi connectivity index (χ2v) is 10.0. The summed E-state index contributed by atoms with van der Waals surface area (Å²) in [6.07, 6.45) is 4.17. The summed E-state index contributed by atoms with van der Waals surface area (Å²) in [7, 11) is -2.50. The zero-order valence-corrected chi connectivity index (χ0v) is 17.2. The number of hydrogen-bond donors (Lipinski definition) is 1. The highest BCUT2D eigenvalue weighted by Gasteiger charge is 2.57.